The maximum absolute atomic E-state index is 10.2. The number of hydrogen-bond acceptors (Lipinski definition) is 3. The summed E-state index contributed by atoms with van der Waals surface area (Å²) in [4.78, 5) is 0.622. The molecule has 1 aliphatic heterocycles. The molecule has 3 heteroatoms. The van der Waals surface area contributed by atoms with Gasteiger partial charge in [0.2, 0.25) is 0 Å². The van der Waals surface area contributed by atoms with Crippen molar-refractivity contribution in [2.24, 2.45) is 0 Å². The molecule has 0 bridgehead atoms. The van der Waals surface area contributed by atoms with E-state index in [4.69, 9.17) is 4.74 Å². The fourth-order valence-electron chi connectivity index (χ4n) is 2.59. The molecule has 0 spiro atoms. The third kappa shape index (κ3) is 1.80. The van der Waals surface area contributed by atoms with E-state index in [9.17, 15) is 5.11 Å². The predicted octanol–water partition coefficient (Wildman–Crippen LogP) is 4.67. The van der Waals surface area contributed by atoms with Crippen LogP contribution in [-0.2, 0) is 4.93 Å². The zero-order valence-electron chi connectivity index (χ0n) is 12.2. The molecule has 1 heterocycles. The summed E-state index contributed by atoms with van der Waals surface area (Å²) in [6, 6.07) is 10.2. The van der Waals surface area contributed by atoms with E-state index in [1.165, 1.54) is 0 Å². The molecule has 20 heavy (non-hydrogen) atoms. The Hall–Kier alpha value is -1.61. The number of hydrogen-bond donors (Lipinski definition) is 1. The molecule has 0 saturated heterocycles. The van der Waals surface area contributed by atoms with Crippen LogP contribution in [0.15, 0.2) is 35.2 Å². The van der Waals surface area contributed by atoms with Crippen molar-refractivity contribution < 1.29 is 9.84 Å². The molecule has 0 amide bonds. The summed E-state index contributed by atoms with van der Waals surface area (Å²) in [5.41, 5.74) is 3.97. The van der Waals surface area contributed by atoms with Crippen molar-refractivity contribution in [3.8, 4) is 11.5 Å². The van der Waals surface area contributed by atoms with Gasteiger partial charge in [-0.25, -0.2) is 0 Å². The number of thioether (sulfide) groups is 1. The molecule has 2 nitrogen and oxygen atoms in total. The second-order valence-electron chi connectivity index (χ2n) is 5.40. The Bertz CT molecular complexity index is 640. The lowest BCUT2D eigenvalue weighted by Gasteiger charge is -2.23. The van der Waals surface area contributed by atoms with E-state index >= 15 is 0 Å². The Morgan fingerprint density at radius 2 is 1.65 bits per heavy atom. The Balaban J connectivity index is 2.14. The van der Waals surface area contributed by atoms with Gasteiger partial charge < -0.3 is 9.84 Å². The van der Waals surface area contributed by atoms with Crippen LogP contribution in [0.5, 0.6) is 11.5 Å². The summed E-state index contributed by atoms with van der Waals surface area (Å²) in [6.07, 6.45) is 0. The number of phenols is 1. The monoisotopic (exact) mass is 286 g/mol. The summed E-state index contributed by atoms with van der Waals surface area (Å²) < 4.78 is 6.28. The van der Waals surface area contributed by atoms with E-state index in [1.807, 2.05) is 39.0 Å². The van der Waals surface area contributed by atoms with E-state index in [2.05, 4.69) is 19.1 Å². The second-order valence-corrected chi connectivity index (χ2v) is 6.79. The van der Waals surface area contributed by atoms with Crippen molar-refractivity contribution in [1.82, 2.24) is 0 Å². The number of aromatic hydroxyl groups is 1. The summed E-state index contributed by atoms with van der Waals surface area (Å²) in [7, 11) is 0. The summed E-state index contributed by atoms with van der Waals surface area (Å²) in [5.74, 6) is 1.30. The molecule has 104 valence electrons. The molecule has 1 atom stereocenters. The van der Waals surface area contributed by atoms with Crippen LogP contribution in [0.2, 0.25) is 0 Å². The van der Waals surface area contributed by atoms with Gasteiger partial charge in [0.05, 0.1) is 4.90 Å². The first-order chi connectivity index (χ1) is 9.44. The van der Waals surface area contributed by atoms with Crippen LogP contribution in [0.4, 0.5) is 0 Å². The van der Waals surface area contributed by atoms with Gasteiger partial charge in [0, 0.05) is 11.1 Å². The second kappa shape index (κ2) is 4.45. The predicted molar refractivity (Wildman–Crippen MR) is 82.6 cm³/mol. The van der Waals surface area contributed by atoms with Crippen molar-refractivity contribution in [3.63, 3.8) is 0 Å². The van der Waals surface area contributed by atoms with Gasteiger partial charge in [0.25, 0.3) is 0 Å². The third-order valence-corrected chi connectivity index (χ3v) is 5.46. The minimum absolute atomic E-state index is 0.384. The van der Waals surface area contributed by atoms with E-state index in [-0.39, 0.29) is 0 Å². The maximum Gasteiger partial charge on any atom is 0.181 e. The van der Waals surface area contributed by atoms with Gasteiger partial charge in [-0.1, -0.05) is 42.1 Å². The van der Waals surface area contributed by atoms with E-state index in [0.717, 1.165) is 32.9 Å². The summed E-state index contributed by atoms with van der Waals surface area (Å²) in [6.45, 7) is 7.97. The van der Waals surface area contributed by atoms with Gasteiger partial charge in [-0.3, -0.25) is 0 Å². The SMILES string of the molecule is Cc1c(C)c2c(c(C)c1O)SC(C)(c1ccccc1)O2. The van der Waals surface area contributed by atoms with Gasteiger partial charge in [0.1, 0.15) is 11.5 Å². The van der Waals surface area contributed by atoms with Crippen LogP contribution in [0, 0.1) is 20.8 Å². The van der Waals surface area contributed by atoms with Gasteiger partial charge in [-0.2, -0.15) is 0 Å². The molecule has 2 aromatic rings. The summed E-state index contributed by atoms with van der Waals surface area (Å²) in [5, 5.41) is 10.2. The number of ether oxygens (including phenoxy) is 1. The zero-order valence-corrected chi connectivity index (χ0v) is 13.0. The Morgan fingerprint density at radius 1 is 1.00 bits per heavy atom. The van der Waals surface area contributed by atoms with Crippen LogP contribution in [0.25, 0.3) is 0 Å². The fraction of sp³-hybridized carbons (Fsp3) is 0.294. The van der Waals surface area contributed by atoms with Crippen LogP contribution in [0.3, 0.4) is 0 Å². The Kier molecular flexibility index (Phi) is 2.98. The minimum atomic E-state index is -0.431. The minimum Gasteiger partial charge on any atom is -0.507 e. The van der Waals surface area contributed by atoms with Gasteiger partial charge >= 0.3 is 0 Å². The Morgan fingerprint density at radius 3 is 2.30 bits per heavy atom. The highest BCUT2D eigenvalue weighted by Crippen LogP contribution is 2.57. The Labute approximate surface area is 123 Å². The number of fused-ring (bicyclic) bond motifs is 1. The first-order valence-corrected chi connectivity index (χ1v) is 7.52. The smallest absolute Gasteiger partial charge is 0.181 e. The quantitative estimate of drug-likeness (QED) is 0.825. The van der Waals surface area contributed by atoms with Crippen molar-refractivity contribution in [3.05, 3.63) is 52.6 Å². The standard InChI is InChI=1S/C17H18O2S/c1-10-11(2)15-16(12(3)14(10)18)20-17(4,19-15)13-8-6-5-7-9-13/h5-9,18H,1-4H3. The average Bonchev–Trinajstić information content (AvgIpc) is 2.83. The number of rotatable bonds is 1. The first-order valence-electron chi connectivity index (χ1n) is 6.70. The fourth-order valence-corrected chi connectivity index (χ4v) is 3.90. The lowest BCUT2D eigenvalue weighted by molar-refractivity contribution is 0.194. The van der Waals surface area contributed by atoms with Crippen molar-refractivity contribution in [2.45, 2.75) is 37.5 Å². The van der Waals surface area contributed by atoms with Crippen LogP contribution >= 0.6 is 11.8 Å². The average molecular weight is 286 g/mol. The number of phenolic OH excluding ortho intramolecular Hbond substituents is 1. The highest BCUT2D eigenvalue weighted by atomic mass is 32.2. The van der Waals surface area contributed by atoms with Gasteiger partial charge in [0.15, 0.2) is 4.93 Å². The molecule has 1 unspecified atom stereocenters. The normalized spacial score (nSPS) is 20.6. The largest absolute Gasteiger partial charge is 0.507 e. The molecule has 0 fully saturated rings. The summed E-state index contributed by atoms with van der Waals surface area (Å²) >= 11 is 1.67. The molecular formula is C17H18O2S. The highest BCUT2D eigenvalue weighted by Gasteiger charge is 2.40. The third-order valence-electron chi connectivity index (χ3n) is 4.05. The molecule has 1 aliphatic rings. The maximum atomic E-state index is 10.2. The lowest BCUT2D eigenvalue weighted by Crippen LogP contribution is -2.21. The first kappa shape index (κ1) is 13.4. The molecule has 1 N–H and O–H groups in total. The van der Waals surface area contributed by atoms with Crippen molar-refractivity contribution >= 4 is 11.8 Å². The molecule has 0 radical (unpaired) electrons. The van der Waals surface area contributed by atoms with E-state index in [1.54, 1.807) is 11.8 Å². The lowest BCUT2D eigenvalue weighted by atomic mass is 10.0. The van der Waals surface area contributed by atoms with Crippen molar-refractivity contribution in [2.75, 3.05) is 0 Å². The molecular weight excluding hydrogens is 268 g/mol. The molecule has 2 aromatic carbocycles. The molecule has 0 saturated carbocycles. The van der Waals surface area contributed by atoms with Crippen LogP contribution in [-0.4, -0.2) is 5.11 Å². The van der Waals surface area contributed by atoms with Gasteiger partial charge in [-0.05, 0) is 38.8 Å². The van der Waals surface area contributed by atoms with E-state index < -0.39 is 4.93 Å². The number of benzene rings is 2. The topological polar surface area (TPSA) is 29.5 Å². The molecule has 3 rings (SSSR count). The van der Waals surface area contributed by atoms with Crippen LogP contribution < -0.4 is 4.74 Å². The molecule has 0 aromatic heterocycles. The zero-order chi connectivity index (χ0) is 14.5. The van der Waals surface area contributed by atoms with Crippen molar-refractivity contribution in [1.29, 1.82) is 0 Å². The van der Waals surface area contributed by atoms with Crippen LogP contribution in [0.1, 0.15) is 29.2 Å². The molecule has 0 aliphatic carbocycles. The van der Waals surface area contributed by atoms with E-state index in [0.29, 0.717) is 5.75 Å². The van der Waals surface area contributed by atoms with Gasteiger partial charge in [-0.15, -0.1) is 0 Å². The highest BCUT2D eigenvalue weighted by molar-refractivity contribution is 8.00.